The molecule has 1 aliphatic heterocycles. The number of aromatic hydroxyl groups is 1. The molecule has 20 heavy (non-hydrogen) atoms. The van der Waals surface area contributed by atoms with Gasteiger partial charge in [-0.05, 0) is 30.4 Å². The Balaban J connectivity index is 2.30. The van der Waals surface area contributed by atoms with Gasteiger partial charge in [0.25, 0.3) is 0 Å². The lowest BCUT2D eigenvalue weighted by atomic mass is 9.94. The normalized spacial score (nSPS) is 17.9. The first-order valence-corrected chi connectivity index (χ1v) is 6.65. The summed E-state index contributed by atoms with van der Waals surface area (Å²) in [5, 5.41) is 12.2. The second kappa shape index (κ2) is 4.87. The molecule has 0 aromatic heterocycles. The third kappa shape index (κ3) is 1.96. The zero-order valence-corrected chi connectivity index (χ0v) is 11.9. The Kier molecular flexibility index (Phi) is 3.18. The van der Waals surface area contributed by atoms with Crippen molar-refractivity contribution in [3.63, 3.8) is 0 Å². The van der Waals surface area contributed by atoms with Crippen molar-refractivity contribution >= 4 is 10.8 Å². The van der Waals surface area contributed by atoms with Crippen molar-refractivity contribution < 1.29 is 19.3 Å². The van der Waals surface area contributed by atoms with Crippen LogP contribution in [0.25, 0.3) is 10.8 Å². The van der Waals surface area contributed by atoms with Crippen LogP contribution >= 0.6 is 0 Å². The molecule has 1 unspecified atom stereocenters. The van der Waals surface area contributed by atoms with Gasteiger partial charge >= 0.3 is 0 Å². The van der Waals surface area contributed by atoms with E-state index in [1.807, 2.05) is 13.0 Å². The fraction of sp³-hybridized carbons (Fsp3) is 0.375. The van der Waals surface area contributed by atoms with Crippen LogP contribution in [0.15, 0.2) is 18.2 Å². The Bertz CT molecular complexity index is 663. The minimum atomic E-state index is 0.173. The van der Waals surface area contributed by atoms with Gasteiger partial charge in [-0.25, -0.2) is 0 Å². The van der Waals surface area contributed by atoms with E-state index < -0.39 is 0 Å². The predicted octanol–water partition coefficient (Wildman–Crippen LogP) is 3.02. The molecular formula is C16H18O4. The third-order valence-electron chi connectivity index (χ3n) is 3.82. The molecule has 2 aromatic rings. The highest BCUT2D eigenvalue weighted by molar-refractivity contribution is 5.96. The van der Waals surface area contributed by atoms with Crippen molar-refractivity contribution in [3.8, 4) is 17.2 Å². The fourth-order valence-corrected chi connectivity index (χ4v) is 2.77. The molecule has 2 aromatic carbocycles. The van der Waals surface area contributed by atoms with Gasteiger partial charge in [0.2, 0.25) is 0 Å². The Morgan fingerprint density at radius 2 is 2.00 bits per heavy atom. The van der Waals surface area contributed by atoms with Gasteiger partial charge in [-0.1, -0.05) is 6.07 Å². The Morgan fingerprint density at radius 1 is 1.20 bits per heavy atom. The Hall–Kier alpha value is -1.94. The number of fused-ring (bicyclic) bond motifs is 2. The topological polar surface area (TPSA) is 47.9 Å². The minimum Gasteiger partial charge on any atom is -0.507 e. The van der Waals surface area contributed by atoms with E-state index in [-0.39, 0.29) is 11.9 Å². The van der Waals surface area contributed by atoms with Gasteiger partial charge in [-0.2, -0.15) is 0 Å². The Labute approximate surface area is 117 Å². The van der Waals surface area contributed by atoms with E-state index >= 15 is 0 Å². The molecule has 106 valence electrons. The monoisotopic (exact) mass is 274 g/mol. The van der Waals surface area contributed by atoms with Crippen molar-refractivity contribution in [2.75, 3.05) is 14.2 Å². The molecule has 1 aliphatic rings. The minimum absolute atomic E-state index is 0.173. The van der Waals surface area contributed by atoms with Crippen LogP contribution in [0.4, 0.5) is 0 Å². The number of phenols is 1. The summed E-state index contributed by atoms with van der Waals surface area (Å²) in [6.07, 6.45) is 0.977. The third-order valence-corrected chi connectivity index (χ3v) is 3.82. The largest absolute Gasteiger partial charge is 0.507 e. The van der Waals surface area contributed by atoms with Crippen molar-refractivity contribution in [1.29, 1.82) is 0 Å². The molecule has 3 rings (SSSR count). The van der Waals surface area contributed by atoms with Crippen LogP contribution in [-0.4, -0.2) is 25.4 Å². The van der Waals surface area contributed by atoms with E-state index in [0.29, 0.717) is 23.5 Å². The maximum Gasteiger partial charge on any atom is 0.134 e. The maximum atomic E-state index is 10.6. The van der Waals surface area contributed by atoms with E-state index in [9.17, 15) is 5.11 Å². The van der Waals surface area contributed by atoms with E-state index in [0.717, 1.165) is 22.9 Å². The number of ether oxygens (including phenoxy) is 3. The number of benzene rings is 2. The van der Waals surface area contributed by atoms with Gasteiger partial charge in [0, 0.05) is 11.6 Å². The lowest BCUT2D eigenvalue weighted by Crippen LogP contribution is -2.19. The van der Waals surface area contributed by atoms with Crippen LogP contribution in [-0.2, 0) is 17.8 Å². The van der Waals surface area contributed by atoms with E-state index in [1.165, 1.54) is 0 Å². The number of phenolic OH excluding ortho intramolecular Hbond substituents is 1. The molecule has 0 saturated carbocycles. The summed E-state index contributed by atoms with van der Waals surface area (Å²) >= 11 is 0. The average molecular weight is 274 g/mol. The summed E-state index contributed by atoms with van der Waals surface area (Å²) < 4.78 is 16.3. The SMILES string of the molecule is COc1cc(OC)c2c(O)c3c(cc2c1)CC(C)OC3. The standard InChI is InChI=1S/C16H18O4/c1-9-4-10-5-11-6-12(18-2)7-14(19-3)15(11)16(17)13(10)8-20-9/h5-7,9,17H,4,8H2,1-3H3. The molecule has 0 aliphatic carbocycles. The van der Waals surface area contributed by atoms with Gasteiger partial charge in [-0.3, -0.25) is 0 Å². The zero-order valence-electron chi connectivity index (χ0n) is 11.9. The van der Waals surface area contributed by atoms with Gasteiger partial charge < -0.3 is 19.3 Å². The van der Waals surface area contributed by atoms with Crippen LogP contribution in [0.1, 0.15) is 18.1 Å². The van der Waals surface area contributed by atoms with E-state index in [2.05, 4.69) is 6.07 Å². The molecule has 1 N–H and O–H groups in total. The van der Waals surface area contributed by atoms with Crippen LogP contribution in [0.5, 0.6) is 17.2 Å². The molecule has 0 amide bonds. The number of methoxy groups -OCH3 is 2. The highest BCUT2D eigenvalue weighted by Crippen LogP contribution is 2.42. The summed E-state index contributed by atoms with van der Waals surface area (Å²) in [5.74, 6) is 1.58. The van der Waals surface area contributed by atoms with Crippen molar-refractivity contribution in [2.24, 2.45) is 0 Å². The Morgan fingerprint density at radius 3 is 2.70 bits per heavy atom. The highest BCUT2D eigenvalue weighted by Gasteiger charge is 2.22. The smallest absolute Gasteiger partial charge is 0.134 e. The van der Waals surface area contributed by atoms with Gasteiger partial charge in [-0.15, -0.1) is 0 Å². The molecule has 0 saturated heterocycles. The summed E-state index contributed by atoms with van der Waals surface area (Å²) in [6.45, 7) is 2.48. The summed E-state index contributed by atoms with van der Waals surface area (Å²) in [5.41, 5.74) is 1.99. The first kappa shape index (κ1) is 13.1. The predicted molar refractivity (Wildman–Crippen MR) is 76.7 cm³/mol. The van der Waals surface area contributed by atoms with Gasteiger partial charge in [0.05, 0.1) is 32.3 Å². The molecule has 0 spiro atoms. The molecular weight excluding hydrogens is 256 g/mol. The maximum absolute atomic E-state index is 10.6. The first-order valence-electron chi connectivity index (χ1n) is 6.65. The number of hydrogen-bond donors (Lipinski definition) is 1. The van der Waals surface area contributed by atoms with Crippen molar-refractivity contribution in [1.82, 2.24) is 0 Å². The number of rotatable bonds is 2. The van der Waals surface area contributed by atoms with Crippen LogP contribution < -0.4 is 9.47 Å². The molecule has 0 fully saturated rings. The first-order chi connectivity index (χ1) is 9.63. The molecule has 0 radical (unpaired) electrons. The molecule has 0 bridgehead atoms. The molecule has 1 atom stereocenters. The molecule has 1 heterocycles. The number of hydrogen-bond acceptors (Lipinski definition) is 4. The highest BCUT2D eigenvalue weighted by atomic mass is 16.5. The van der Waals surface area contributed by atoms with Crippen LogP contribution in [0, 0.1) is 0 Å². The second-order valence-corrected chi connectivity index (χ2v) is 5.12. The lowest BCUT2D eigenvalue weighted by molar-refractivity contribution is 0.0398. The van der Waals surface area contributed by atoms with Gasteiger partial charge in [0.15, 0.2) is 0 Å². The average Bonchev–Trinajstić information content (AvgIpc) is 2.45. The zero-order chi connectivity index (χ0) is 14.3. The summed E-state index contributed by atoms with van der Waals surface area (Å²) in [7, 11) is 3.21. The van der Waals surface area contributed by atoms with E-state index in [4.69, 9.17) is 14.2 Å². The second-order valence-electron chi connectivity index (χ2n) is 5.12. The van der Waals surface area contributed by atoms with Crippen LogP contribution in [0.3, 0.4) is 0 Å². The lowest BCUT2D eigenvalue weighted by Gasteiger charge is -2.24. The molecule has 4 nitrogen and oxygen atoms in total. The van der Waals surface area contributed by atoms with Crippen molar-refractivity contribution in [3.05, 3.63) is 29.3 Å². The summed E-state index contributed by atoms with van der Waals surface area (Å²) in [6, 6.07) is 5.78. The fourth-order valence-electron chi connectivity index (χ4n) is 2.77. The van der Waals surface area contributed by atoms with E-state index in [1.54, 1.807) is 20.3 Å². The quantitative estimate of drug-likeness (QED) is 0.914. The van der Waals surface area contributed by atoms with Gasteiger partial charge in [0.1, 0.15) is 17.2 Å². The summed E-state index contributed by atoms with van der Waals surface area (Å²) in [4.78, 5) is 0. The molecule has 4 heteroatoms. The van der Waals surface area contributed by atoms with Crippen LogP contribution in [0.2, 0.25) is 0 Å². The van der Waals surface area contributed by atoms with Crippen molar-refractivity contribution in [2.45, 2.75) is 26.1 Å².